The number of hydrogen-bond acceptors (Lipinski definition) is 7. The second kappa shape index (κ2) is 6.99. The molecule has 1 saturated heterocycles. The number of rotatable bonds is 3. The summed E-state index contributed by atoms with van der Waals surface area (Å²) in [7, 11) is 1.28. The quantitative estimate of drug-likeness (QED) is 0.902. The Kier molecular flexibility index (Phi) is 4.59. The van der Waals surface area contributed by atoms with E-state index in [1.54, 1.807) is 29.2 Å². The first-order valence-electron chi connectivity index (χ1n) is 7.44. The molecule has 0 aliphatic carbocycles. The highest BCUT2D eigenvalue weighted by Crippen LogP contribution is 2.16. The average molecular weight is 331 g/mol. The molecule has 9 heteroatoms. The van der Waals surface area contributed by atoms with Gasteiger partial charge in [-0.05, 0) is 24.3 Å². The number of hydrogen-bond donors (Lipinski definition) is 1. The summed E-state index contributed by atoms with van der Waals surface area (Å²) < 4.78 is 9.63. The summed E-state index contributed by atoms with van der Waals surface area (Å²) in [6, 6.07) is 6.78. The first kappa shape index (κ1) is 15.8. The van der Waals surface area contributed by atoms with Crippen LogP contribution in [0.25, 0.3) is 0 Å². The van der Waals surface area contributed by atoms with Gasteiger partial charge in [0.1, 0.15) is 0 Å². The lowest BCUT2D eigenvalue weighted by atomic mass is 10.3. The van der Waals surface area contributed by atoms with Gasteiger partial charge in [-0.3, -0.25) is 10.1 Å². The van der Waals surface area contributed by atoms with Crippen molar-refractivity contribution in [3.05, 3.63) is 36.3 Å². The fraction of sp³-hybridized carbons (Fsp3) is 0.333. The summed E-state index contributed by atoms with van der Waals surface area (Å²) in [5.74, 6) is 1.25. The molecule has 0 spiro atoms. The standard InChI is InChI=1S/C15H17N5O4/c1-23-15(22)16-12-4-5-13(18-17-12)19-6-8-20(9-7-19)14(21)11-3-2-10-24-11/h2-5,10H,6-9H2,1H3,(H,16,17,22). The number of piperazine rings is 1. The summed E-state index contributed by atoms with van der Waals surface area (Å²) in [6.45, 7) is 2.43. The molecule has 0 aromatic carbocycles. The summed E-state index contributed by atoms with van der Waals surface area (Å²) >= 11 is 0. The molecule has 0 radical (unpaired) electrons. The van der Waals surface area contributed by atoms with Crippen LogP contribution in [-0.4, -0.2) is 60.4 Å². The largest absolute Gasteiger partial charge is 0.459 e. The fourth-order valence-corrected chi connectivity index (χ4v) is 2.41. The normalized spacial score (nSPS) is 14.4. The third-order valence-corrected chi connectivity index (χ3v) is 3.69. The lowest BCUT2D eigenvalue weighted by molar-refractivity contribution is 0.0714. The van der Waals surface area contributed by atoms with Crippen molar-refractivity contribution in [2.45, 2.75) is 0 Å². The van der Waals surface area contributed by atoms with Crippen LogP contribution in [0.5, 0.6) is 0 Å². The third-order valence-electron chi connectivity index (χ3n) is 3.69. The van der Waals surface area contributed by atoms with Gasteiger partial charge in [-0.2, -0.15) is 0 Å². The Morgan fingerprint density at radius 1 is 1.17 bits per heavy atom. The molecule has 1 aliphatic heterocycles. The fourth-order valence-electron chi connectivity index (χ4n) is 2.41. The van der Waals surface area contributed by atoms with Crippen LogP contribution in [0.3, 0.4) is 0 Å². The van der Waals surface area contributed by atoms with Gasteiger partial charge in [0.2, 0.25) is 0 Å². The minimum atomic E-state index is -0.595. The molecule has 0 saturated carbocycles. The highest BCUT2D eigenvalue weighted by molar-refractivity contribution is 5.91. The van der Waals surface area contributed by atoms with Crippen LogP contribution < -0.4 is 10.2 Å². The molecule has 2 amide bonds. The van der Waals surface area contributed by atoms with Gasteiger partial charge in [-0.25, -0.2) is 4.79 Å². The van der Waals surface area contributed by atoms with Crippen molar-refractivity contribution in [2.75, 3.05) is 43.5 Å². The number of carbonyl (C=O) groups is 2. The van der Waals surface area contributed by atoms with Crippen LogP contribution in [0.15, 0.2) is 34.9 Å². The number of ether oxygens (including phenoxy) is 1. The molecule has 0 unspecified atom stereocenters. The monoisotopic (exact) mass is 331 g/mol. The molecule has 9 nitrogen and oxygen atoms in total. The minimum Gasteiger partial charge on any atom is -0.459 e. The number of furan rings is 1. The molecule has 24 heavy (non-hydrogen) atoms. The van der Waals surface area contributed by atoms with E-state index in [-0.39, 0.29) is 5.91 Å². The SMILES string of the molecule is COC(=O)Nc1ccc(N2CCN(C(=O)c3ccco3)CC2)nn1. The van der Waals surface area contributed by atoms with Crippen LogP contribution in [0.2, 0.25) is 0 Å². The lowest BCUT2D eigenvalue weighted by Gasteiger charge is -2.34. The Labute approximate surface area is 138 Å². The summed E-state index contributed by atoms with van der Waals surface area (Å²) in [5, 5.41) is 10.5. The van der Waals surface area contributed by atoms with E-state index in [9.17, 15) is 9.59 Å². The molecule has 0 atom stereocenters. The van der Waals surface area contributed by atoms with E-state index in [0.717, 1.165) is 0 Å². The zero-order chi connectivity index (χ0) is 16.9. The van der Waals surface area contributed by atoms with E-state index in [1.807, 2.05) is 4.90 Å². The third kappa shape index (κ3) is 3.45. The maximum atomic E-state index is 12.2. The second-order valence-electron chi connectivity index (χ2n) is 5.15. The lowest BCUT2D eigenvalue weighted by Crippen LogP contribution is -2.49. The maximum absolute atomic E-state index is 12.2. The van der Waals surface area contributed by atoms with Gasteiger partial charge in [0.05, 0.1) is 13.4 Å². The van der Waals surface area contributed by atoms with Crippen LogP contribution in [0.4, 0.5) is 16.4 Å². The van der Waals surface area contributed by atoms with E-state index in [1.165, 1.54) is 13.4 Å². The van der Waals surface area contributed by atoms with E-state index in [4.69, 9.17) is 4.42 Å². The van der Waals surface area contributed by atoms with E-state index < -0.39 is 6.09 Å². The van der Waals surface area contributed by atoms with Crippen molar-refractivity contribution < 1.29 is 18.7 Å². The van der Waals surface area contributed by atoms with Gasteiger partial charge in [-0.1, -0.05) is 0 Å². The zero-order valence-electron chi connectivity index (χ0n) is 13.1. The van der Waals surface area contributed by atoms with Crippen LogP contribution in [0.1, 0.15) is 10.6 Å². The molecule has 1 aliphatic rings. The van der Waals surface area contributed by atoms with E-state index >= 15 is 0 Å². The highest BCUT2D eigenvalue weighted by atomic mass is 16.5. The van der Waals surface area contributed by atoms with Crippen molar-refractivity contribution >= 4 is 23.6 Å². The molecule has 0 bridgehead atoms. The van der Waals surface area contributed by atoms with Crippen LogP contribution in [-0.2, 0) is 4.74 Å². The molecule has 2 aromatic rings. The molecule has 2 aromatic heterocycles. The number of anilines is 2. The Balaban J connectivity index is 1.56. The molecule has 3 heterocycles. The molecule has 1 N–H and O–H groups in total. The highest BCUT2D eigenvalue weighted by Gasteiger charge is 2.24. The van der Waals surface area contributed by atoms with Gasteiger partial charge in [0, 0.05) is 26.2 Å². The van der Waals surface area contributed by atoms with Crippen LogP contribution >= 0.6 is 0 Å². The molecule has 126 valence electrons. The second-order valence-corrected chi connectivity index (χ2v) is 5.15. The van der Waals surface area contributed by atoms with Crippen molar-refractivity contribution in [3.63, 3.8) is 0 Å². The maximum Gasteiger partial charge on any atom is 0.412 e. The molecular formula is C15H17N5O4. The van der Waals surface area contributed by atoms with Gasteiger partial charge < -0.3 is 19.0 Å². The van der Waals surface area contributed by atoms with Crippen molar-refractivity contribution in [2.24, 2.45) is 0 Å². The Hall–Kier alpha value is -3.10. The number of nitrogens with zero attached hydrogens (tertiary/aromatic N) is 4. The predicted molar refractivity (Wildman–Crippen MR) is 84.9 cm³/mol. The molecule has 3 rings (SSSR count). The van der Waals surface area contributed by atoms with Gasteiger partial charge in [0.15, 0.2) is 17.4 Å². The van der Waals surface area contributed by atoms with Crippen molar-refractivity contribution in [1.82, 2.24) is 15.1 Å². The average Bonchev–Trinajstić information content (AvgIpc) is 3.16. The minimum absolute atomic E-state index is 0.108. The first-order valence-corrected chi connectivity index (χ1v) is 7.44. The number of amides is 2. The van der Waals surface area contributed by atoms with Gasteiger partial charge >= 0.3 is 6.09 Å². The number of nitrogens with one attached hydrogen (secondary N) is 1. The molecular weight excluding hydrogens is 314 g/mol. The van der Waals surface area contributed by atoms with Crippen molar-refractivity contribution in [3.8, 4) is 0 Å². The summed E-state index contributed by atoms with van der Waals surface area (Å²) in [4.78, 5) is 27.1. The summed E-state index contributed by atoms with van der Waals surface area (Å²) in [5.41, 5.74) is 0. The number of aromatic nitrogens is 2. The Bertz CT molecular complexity index is 693. The Morgan fingerprint density at radius 3 is 2.54 bits per heavy atom. The van der Waals surface area contributed by atoms with E-state index in [2.05, 4.69) is 20.3 Å². The molecule has 1 fully saturated rings. The number of methoxy groups -OCH3 is 1. The van der Waals surface area contributed by atoms with Crippen LogP contribution in [0, 0.1) is 0 Å². The first-order chi connectivity index (χ1) is 11.7. The van der Waals surface area contributed by atoms with Crippen molar-refractivity contribution in [1.29, 1.82) is 0 Å². The smallest absolute Gasteiger partial charge is 0.412 e. The van der Waals surface area contributed by atoms with Gasteiger partial charge in [-0.15, -0.1) is 10.2 Å². The topological polar surface area (TPSA) is 101 Å². The predicted octanol–water partition coefficient (Wildman–Crippen LogP) is 1.21. The van der Waals surface area contributed by atoms with Gasteiger partial charge in [0.25, 0.3) is 5.91 Å². The summed E-state index contributed by atoms with van der Waals surface area (Å²) in [6.07, 6.45) is 0.894. The Morgan fingerprint density at radius 2 is 1.96 bits per heavy atom. The van der Waals surface area contributed by atoms with E-state index in [0.29, 0.717) is 43.6 Å². The zero-order valence-corrected chi connectivity index (χ0v) is 13.1. The number of carbonyl (C=O) groups excluding carboxylic acids is 2.